The lowest BCUT2D eigenvalue weighted by Gasteiger charge is -2.09. The van der Waals surface area contributed by atoms with Gasteiger partial charge in [-0.3, -0.25) is 9.48 Å². The fourth-order valence-electron chi connectivity index (χ4n) is 2.33. The highest BCUT2D eigenvalue weighted by Gasteiger charge is 2.15. The van der Waals surface area contributed by atoms with E-state index in [1.807, 2.05) is 43.5 Å². The van der Waals surface area contributed by atoms with Crippen molar-refractivity contribution in [1.29, 1.82) is 5.26 Å². The summed E-state index contributed by atoms with van der Waals surface area (Å²) < 4.78 is 4.36. The number of nitriles is 1. The highest BCUT2D eigenvalue weighted by atomic mass is 127. The Balaban J connectivity index is 1.74. The number of anilines is 1. The second-order valence-corrected chi connectivity index (χ2v) is 6.55. The van der Waals surface area contributed by atoms with Crippen LogP contribution in [0, 0.1) is 21.8 Å². The van der Waals surface area contributed by atoms with Crippen molar-refractivity contribution in [3.8, 4) is 11.8 Å². The molecule has 0 aliphatic rings. The molecule has 1 aromatic carbocycles. The molecule has 0 spiro atoms. The number of hydrogen-bond donors (Lipinski definition) is 1. The average molecular weight is 446 g/mol. The van der Waals surface area contributed by atoms with Crippen LogP contribution in [0.3, 0.4) is 0 Å². The molecule has 1 N–H and O–H groups in total. The molecule has 25 heavy (non-hydrogen) atoms. The third-order valence-corrected chi connectivity index (χ3v) is 4.66. The lowest BCUT2D eigenvalue weighted by Crippen LogP contribution is -2.18. The number of hydrogen-bond acceptors (Lipinski definition) is 4. The molecule has 3 aromatic rings. The first kappa shape index (κ1) is 17.2. The van der Waals surface area contributed by atoms with Gasteiger partial charge in [0, 0.05) is 19.2 Å². The molecule has 0 saturated heterocycles. The molecule has 0 unspecified atom stereocenters. The summed E-state index contributed by atoms with van der Waals surface area (Å²) >= 11 is 2.21. The molecule has 8 heteroatoms. The Labute approximate surface area is 158 Å². The van der Waals surface area contributed by atoms with E-state index in [0.717, 1.165) is 15.0 Å². The standard InChI is InChI=1S/C17H15IN6O/c1-12-15(18)11-23(22-12)8-7-16(25)21-17-13(9-19)10-20-24(17)14-5-3-2-4-6-14/h2-6,10-11H,7-8H2,1H3,(H,21,25). The van der Waals surface area contributed by atoms with Gasteiger partial charge in [0.25, 0.3) is 0 Å². The molecule has 126 valence electrons. The van der Waals surface area contributed by atoms with Crippen LogP contribution in [-0.2, 0) is 11.3 Å². The van der Waals surface area contributed by atoms with Crippen molar-refractivity contribution in [3.63, 3.8) is 0 Å². The Kier molecular flexibility index (Phi) is 5.14. The fraction of sp³-hybridized carbons (Fsp3) is 0.176. The summed E-state index contributed by atoms with van der Waals surface area (Å²) in [4.78, 5) is 12.3. The summed E-state index contributed by atoms with van der Waals surface area (Å²) in [6.45, 7) is 2.40. The first-order chi connectivity index (χ1) is 12.1. The number of nitrogens with zero attached hydrogens (tertiary/aromatic N) is 5. The van der Waals surface area contributed by atoms with Gasteiger partial charge in [-0.15, -0.1) is 0 Å². The van der Waals surface area contributed by atoms with Crippen molar-refractivity contribution in [2.24, 2.45) is 0 Å². The number of amides is 1. The van der Waals surface area contributed by atoms with E-state index < -0.39 is 0 Å². The number of halogens is 1. The van der Waals surface area contributed by atoms with E-state index in [1.54, 1.807) is 9.36 Å². The molecule has 0 atom stereocenters. The van der Waals surface area contributed by atoms with Gasteiger partial charge in [-0.25, -0.2) is 4.68 Å². The van der Waals surface area contributed by atoms with Crippen LogP contribution in [0.15, 0.2) is 42.7 Å². The largest absolute Gasteiger partial charge is 0.309 e. The lowest BCUT2D eigenvalue weighted by molar-refractivity contribution is -0.116. The van der Waals surface area contributed by atoms with Gasteiger partial charge in [-0.1, -0.05) is 18.2 Å². The molecule has 0 bridgehead atoms. The van der Waals surface area contributed by atoms with Crippen LogP contribution < -0.4 is 5.32 Å². The number of aromatic nitrogens is 4. The maximum Gasteiger partial charge on any atom is 0.227 e. The summed E-state index contributed by atoms with van der Waals surface area (Å²) in [5.41, 5.74) is 2.04. The quantitative estimate of drug-likeness (QED) is 0.611. The number of carbonyl (C=O) groups excluding carboxylic acids is 1. The number of benzene rings is 1. The number of para-hydroxylation sites is 1. The first-order valence-electron chi connectivity index (χ1n) is 7.61. The molecule has 0 radical (unpaired) electrons. The number of nitrogens with one attached hydrogen (secondary N) is 1. The lowest BCUT2D eigenvalue weighted by atomic mass is 10.3. The minimum atomic E-state index is -0.197. The molecular weight excluding hydrogens is 431 g/mol. The summed E-state index contributed by atoms with van der Waals surface area (Å²) in [5.74, 6) is 0.183. The summed E-state index contributed by atoms with van der Waals surface area (Å²) in [6.07, 6.45) is 3.60. The maximum atomic E-state index is 12.3. The summed E-state index contributed by atoms with van der Waals surface area (Å²) in [7, 11) is 0. The van der Waals surface area contributed by atoms with Gasteiger partial charge in [0.1, 0.15) is 11.6 Å². The van der Waals surface area contributed by atoms with Gasteiger partial charge >= 0.3 is 0 Å². The van der Waals surface area contributed by atoms with Crippen LogP contribution in [0.25, 0.3) is 5.69 Å². The van der Waals surface area contributed by atoms with Crippen molar-refractivity contribution in [1.82, 2.24) is 19.6 Å². The molecule has 0 aliphatic heterocycles. The number of carbonyl (C=O) groups is 1. The van der Waals surface area contributed by atoms with Crippen molar-refractivity contribution in [2.45, 2.75) is 19.9 Å². The molecular formula is C17H15IN6O. The molecule has 1 amide bonds. The molecule has 7 nitrogen and oxygen atoms in total. The summed E-state index contributed by atoms with van der Waals surface area (Å²) in [6, 6.07) is 11.4. The highest BCUT2D eigenvalue weighted by Crippen LogP contribution is 2.19. The highest BCUT2D eigenvalue weighted by molar-refractivity contribution is 14.1. The van der Waals surface area contributed by atoms with E-state index in [1.165, 1.54) is 6.20 Å². The average Bonchev–Trinajstić information content (AvgIpc) is 3.17. The van der Waals surface area contributed by atoms with Crippen LogP contribution in [0.5, 0.6) is 0 Å². The van der Waals surface area contributed by atoms with Crippen molar-refractivity contribution in [3.05, 3.63) is 57.6 Å². The maximum absolute atomic E-state index is 12.3. The Morgan fingerprint density at radius 1 is 1.36 bits per heavy atom. The zero-order valence-electron chi connectivity index (χ0n) is 13.5. The Morgan fingerprint density at radius 3 is 2.76 bits per heavy atom. The molecule has 3 rings (SSSR count). The smallest absolute Gasteiger partial charge is 0.227 e. The van der Waals surface area contributed by atoms with Crippen LogP contribution in [0.2, 0.25) is 0 Å². The second kappa shape index (κ2) is 7.48. The van der Waals surface area contributed by atoms with Gasteiger partial charge in [-0.2, -0.15) is 15.5 Å². The van der Waals surface area contributed by atoms with Gasteiger partial charge in [0.05, 0.1) is 21.1 Å². The van der Waals surface area contributed by atoms with Crippen molar-refractivity contribution < 1.29 is 4.79 Å². The van der Waals surface area contributed by atoms with Gasteiger partial charge in [0.15, 0.2) is 5.82 Å². The SMILES string of the molecule is Cc1nn(CCC(=O)Nc2c(C#N)cnn2-c2ccccc2)cc1I. The van der Waals surface area contributed by atoms with E-state index in [4.69, 9.17) is 0 Å². The van der Waals surface area contributed by atoms with Gasteiger partial charge in [0.2, 0.25) is 5.91 Å². The van der Waals surface area contributed by atoms with E-state index >= 15 is 0 Å². The predicted octanol–water partition coefficient (Wildman–Crippen LogP) is 2.88. The molecule has 2 heterocycles. The Hall–Kier alpha value is -2.67. The topological polar surface area (TPSA) is 88.5 Å². The van der Waals surface area contributed by atoms with E-state index in [9.17, 15) is 10.1 Å². The van der Waals surface area contributed by atoms with E-state index in [0.29, 0.717) is 17.9 Å². The minimum Gasteiger partial charge on any atom is -0.309 e. The normalized spacial score (nSPS) is 10.4. The number of rotatable bonds is 5. The van der Waals surface area contributed by atoms with Gasteiger partial charge in [-0.05, 0) is 41.6 Å². The Bertz CT molecular complexity index is 918. The monoisotopic (exact) mass is 446 g/mol. The second-order valence-electron chi connectivity index (χ2n) is 5.39. The van der Waals surface area contributed by atoms with E-state index in [2.05, 4.69) is 44.2 Å². The van der Waals surface area contributed by atoms with Crippen molar-refractivity contribution >= 4 is 34.3 Å². The molecule has 0 saturated carbocycles. The summed E-state index contributed by atoms with van der Waals surface area (Å²) in [5, 5.41) is 20.6. The van der Waals surface area contributed by atoms with Crippen LogP contribution >= 0.6 is 22.6 Å². The number of aryl methyl sites for hydroxylation is 2. The minimum absolute atomic E-state index is 0.197. The van der Waals surface area contributed by atoms with Crippen LogP contribution in [0.1, 0.15) is 17.7 Å². The fourth-order valence-corrected chi connectivity index (χ4v) is 2.76. The first-order valence-corrected chi connectivity index (χ1v) is 8.69. The molecule has 0 aliphatic carbocycles. The Morgan fingerprint density at radius 2 is 2.12 bits per heavy atom. The van der Waals surface area contributed by atoms with Crippen LogP contribution in [-0.4, -0.2) is 25.5 Å². The predicted molar refractivity (Wildman–Crippen MR) is 101 cm³/mol. The van der Waals surface area contributed by atoms with Crippen molar-refractivity contribution in [2.75, 3.05) is 5.32 Å². The zero-order valence-corrected chi connectivity index (χ0v) is 15.6. The van der Waals surface area contributed by atoms with Crippen LogP contribution in [0.4, 0.5) is 5.82 Å². The third kappa shape index (κ3) is 3.88. The van der Waals surface area contributed by atoms with Gasteiger partial charge < -0.3 is 5.32 Å². The molecule has 2 aromatic heterocycles. The van der Waals surface area contributed by atoms with E-state index in [-0.39, 0.29) is 12.3 Å². The zero-order chi connectivity index (χ0) is 17.8. The molecule has 0 fully saturated rings. The third-order valence-electron chi connectivity index (χ3n) is 3.60.